The maximum absolute atomic E-state index is 12.0. The summed E-state index contributed by atoms with van der Waals surface area (Å²) in [6.07, 6.45) is 8.12. The van der Waals surface area contributed by atoms with Gasteiger partial charge in [0.2, 0.25) is 5.91 Å². The Morgan fingerprint density at radius 3 is 2.82 bits per heavy atom. The lowest BCUT2D eigenvalue weighted by Crippen LogP contribution is -2.30. The van der Waals surface area contributed by atoms with Crippen molar-refractivity contribution < 1.29 is 9.90 Å². The Kier molecular flexibility index (Phi) is 4.88. The van der Waals surface area contributed by atoms with E-state index in [2.05, 4.69) is 27.8 Å². The SMILES string of the molecule is CC1=CC(c2cc3c(c(NCc4ccncc4)c2)NC(=O)CC3)=CN(C)C1O. The van der Waals surface area contributed by atoms with Gasteiger partial charge in [-0.3, -0.25) is 9.78 Å². The van der Waals surface area contributed by atoms with Gasteiger partial charge in [0.05, 0.1) is 11.4 Å². The first-order valence-corrected chi connectivity index (χ1v) is 9.41. The Bertz CT molecular complexity index is 966. The fraction of sp³-hybridized carbons (Fsp3) is 0.273. The number of carbonyl (C=O) groups excluding carboxylic acids is 1. The third-order valence-electron chi connectivity index (χ3n) is 5.19. The molecule has 0 radical (unpaired) electrons. The van der Waals surface area contributed by atoms with E-state index in [1.54, 1.807) is 17.3 Å². The van der Waals surface area contributed by atoms with Crippen molar-refractivity contribution in [3.63, 3.8) is 0 Å². The summed E-state index contributed by atoms with van der Waals surface area (Å²) in [5.41, 5.74) is 7.00. The van der Waals surface area contributed by atoms with Crippen LogP contribution in [-0.2, 0) is 17.8 Å². The van der Waals surface area contributed by atoms with Crippen LogP contribution in [0, 0.1) is 0 Å². The van der Waals surface area contributed by atoms with E-state index in [9.17, 15) is 9.90 Å². The summed E-state index contributed by atoms with van der Waals surface area (Å²) in [4.78, 5) is 17.8. The molecule has 1 aromatic carbocycles. The molecule has 28 heavy (non-hydrogen) atoms. The van der Waals surface area contributed by atoms with Crippen molar-refractivity contribution in [3.05, 3.63) is 71.2 Å². The van der Waals surface area contributed by atoms with E-state index in [4.69, 9.17) is 0 Å². The number of likely N-dealkylation sites (N-methyl/N-ethyl adjacent to an activating group) is 1. The predicted octanol–water partition coefficient (Wildman–Crippen LogP) is 3.13. The van der Waals surface area contributed by atoms with Crippen LogP contribution in [0.5, 0.6) is 0 Å². The van der Waals surface area contributed by atoms with Crippen molar-refractivity contribution in [1.29, 1.82) is 0 Å². The average molecular weight is 376 g/mol. The van der Waals surface area contributed by atoms with Crippen LogP contribution in [0.1, 0.15) is 30.0 Å². The molecule has 1 amide bonds. The molecule has 6 heteroatoms. The number of rotatable bonds is 4. The van der Waals surface area contributed by atoms with Crippen molar-refractivity contribution >= 4 is 22.9 Å². The predicted molar refractivity (Wildman–Crippen MR) is 110 cm³/mol. The van der Waals surface area contributed by atoms with E-state index < -0.39 is 6.23 Å². The first-order valence-electron chi connectivity index (χ1n) is 9.41. The Morgan fingerprint density at radius 2 is 2.07 bits per heavy atom. The van der Waals surface area contributed by atoms with Crippen molar-refractivity contribution in [2.24, 2.45) is 0 Å². The van der Waals surface area contributed by atoms with Gasteiger partial charge in [-0.05, 0) is 71.5 Å². The lowest BCUT2D eigenvalue weighted by atomic mass is 9.93. The lowest BCUT2D eigenvalue weighted by Gasteiger charge is -2.29. The first-order chi connectivity index (χ1) is 13.5. The van der Waals surface area contributed by atoms with Crippen molar-refractivity contribution in [3.8, 4) is 0 Å². The third kappa shape index (κ3) is 3.64. The van der Waals surface area contributed by atoms with Crippen molar-refractivity contribution in [2.45, 2.75) is 32.5 Å². The zero-order valence-corrected chi connectivity index (χ0v) is 16.1. The Balaban J connectivity index is 1.71. The highest BCUT2D eigenvalue weighted by Gasteiger charge is 2.22. The second kappa shape index (κ2) is 7.48. The highest BCUT2D eigenvalue weighted by molar-refractivity contribution is 5.98. The van der Waals surface area contributed by atoms with E-state index >= 15 is 0 Å². The molecule has 1 aromatic heterocycles. The van der Waals surface area contributed by atoms with E-state index in [1.165, 1.54) is 0 Å². The highest BCUT2D eigenvalue weighted by Crippen LogP contribution is 2.36. The topological polar surface area (TPSA) is 77.5 Å². The van der Waals surface area contributed by atoms with Crippen molar-refractivity contribution in [1.82, 2.24) is 9.88 Å². The molecular formula is C22H24N4O2. The zero-order valence-electron chi connectivity index (χ0n) is 16.1. The number of anilines is 2. The van der Waals surface area contributed by atoms with Crippen LogP contribution in [0.2, 0.25) is 0 Å². The second-order valence-electron chi connectivity index (χ2n) is 7.33. The zero-order chi connectivity index (χ0) is 19.7. The summed E-state index contributed by atoms with van der Waals surface area (Å²) in [6, 6.07) is 8.13. The van der Waals surface area contributed by atoms with Gasteiger partial charge in [-0.1, -0.05) is 0 Å². The van der Waals surface area contributed by atoms with Gasteiger partial charge in [-0.25, -0.2) is 0 Å². The molecule has 3 heterocycles. The lowest BCUT2D eigenvalue weighted by molar-refractivity contribution is -0.116. The van der Waals surface area contributed by atoms with Gasteiger partial charge in [0, 0.05) is 38.6 Å². The maximum Gasteiger partial charge on any atom is 0.224 e. The van der Waals surface area contributed by atoms with Crippen LogP contribution in [-0.4, -0.2) is 34.2 Å². The monoisotopic (exact) mass is 376 g/mol. The molecule has 0 fully saturated rings. The fourth-order valence-corrected chi connectivity index (χ4v) is 3.63. The number of aliphatic hydroxyl groups excluding tert-OH is 1. The average Bonchev–Trinajstić information content (AvgIpc) is 2.70. The highest BCUT2D eigenvalue weighted by atomic mass is 16.3. The minimum Gasteiger partial charge on any atom is -0.379 e. The first kappa shape index (κ1) is 18.3. The number of nitrogens with one attached hydrogen (secondary N) is 2. The van der Waals surface area contributed by atoms with Gasteiger partial charge in [-0.2, -0.15) is 0 Å². The number of carbonyl (C=O) groups is 1. The van der Waals surface area contributed by atoms with Crippen LogP contribution in [0.4, 0.5) is 11.4 Å². The molecule has 4 rings (SSSR count). The minimum absolute atomic E-state index is 0.0442. The van der Waals surface area contributed by atoms with Crippen LogP contribution in [0.25, 0.3) is 5.57 Å². The summed E-state index contributed by atoms with van der Waals surface area (Å²) in [6.45, 7) is 2.57. The molecule has 1 unspecified atom stereocenters. The number of aryl methyl sites for hydroxylation is 1. The smallest absolute Gasteiger partial charge is 0.224 e. The molecule has 3 N–H and O–H groups in total. The summed E-state index contributed by atoms with van der Waals surface area (Å²) in [7, 11) is 1.86. The molecular weight excluding hydrogens is 352 g/mol. The van der Waals surface area contributed by atoms with E-state index in [-0.39, 0.29) is 5.91 Å². The number of amides is 1. The van der Waals surface area contributed by atoms with E-state index in [1.807, 2.05) is 38.4 Å². The molecule has 6 nitrogen and oxygen atoms in total. The Morgan fingerprint density at radius 1 is 1.29 bits per heavy atom. The van der Waals surface area contributed by atoms with Crippen molar-refractivity contribution in [2.75, 3.05) is 17.7 Å². The summed E-state index contributed by atoms with van der Waals surface area (Å²) in [5, 5.41) is 16.6. The van der Waals surface area contributed by atoms with Gasteiger partial charge in [0.1, 0.15) is 6.23 Å². The van der Waals surface area contributed by atoms with E-state index in [0.717, 1.165) is 39.2 Å². The van der Waals surface area contributed by atoms with Gasteiger partial charge < -0.3 is 20.6 Å². The molecule has 0 saturated heterocycles. The Labute approximate surface area is 164 Å². The fourth-order valence-electron chi connectivity index (χ4n) is 3.63. The standard InChI is InChI=1S/C22H24N4O2/c1-14-9-18(13-26(2)22(14)28)17-10-16-3-4-20(27)25-21(16)19(11-17)24-12-15-5-7-23-8-6-15/h5-11,13,22,24,28H,3-4,12H2,1-2H3,(H,25,27). The summed E-state index contributed by atoms with van der Waals surface area (Å²) < 4.78 is 0. The largest absolute Gasteiger partial charge is 0.379 e. The molecule has 2 aromatic rings. The van der Waals surface area contributed by atoms with Gasteiger partial charge in [0.25, 0.3) is 0 Å². The van der Waals surface area contributed by atoms with Gasteiger partial charge in [0.15, 0.2) is 0 Å². The molecule has 2 aliphatic rings. The molecule has 1 atom stereocenters. The summed E-state index contributed by atoms with van der Waals surface area (Å²) >= 11 is 0. The van der Waals surface area contributed by atoms with Crippen LogP contribution in [0.15, 0.2) is 54.5 Å². The Hall–Kier alpha value is -3.12. The number of benzene rings is 1. The van der Waals surface area contributed by atoms with Crippen LogP contribution >= 0.6 is 0 Å². The number of hydrogen-bond acceptors (Lipinski definition) is 5. The molecule has 144 valence electrons. The minimum atomic E-state index is -0.593. The number of pyridine rings is 1. The summed E-state index contributed by atoms with van der Waals surface area (Å²) in [5.74, 6) is 0.0442. The quantitative estimate of drug-likeness (QED) is 0.764. The number of aliphatic hydroxyl groups is 1. The molecule has 2 aliphatic heterocycles. The maximum atomic E-state index is 12.0. The molecule has 0 aliphatic carbocycles. The number of aromatic nitrogens is 1. The number of hydrogen-bond donors (Lipinski definition) is 3. The van der Waals surface area contributed by atoms with E-state index in [0.29, 0.717) is 19.4 Å². The molecule has 0 saturated carbocycles. The van der Waals surface area contributed by atoms with Crippen LogP contribution in [0.3, 0.4) is 0 Å². The van der Waals surface area contributed by atoms with Gasteiger partial charge in [-0.15, -0.1) is 0 Å². The number of allylic oxidation sites excluding steroid dienone is 2. The second-order valence-corrected chi connectivity index (χ2v) is 7.33. The third-order valence-corrected chi connectivity index (χ3v) is 5.19. The molecule has 0 bridgehead atoms. The number of fused-ring (bicyclic) bond motifs is 1. The molecule has 0 spiro atoms. The van der Waals surface area contributed by atoms with Crippen LogP contribution < -0.4 is 10.6 Å². The normalized spacial score (nSPS) is 18.8. The number of nitrogens with zero attached hydrogens (tertiary/aromatic N) is 2. The van der Waals surface area contributed by atoms with Gasteiger partial charge >= 0.3 is 0 Å².